The van der Waals surface area contributed by atoms with Crippen LogP contribution >= 0.6 is 23.1 Å². The molecular weight excluding hydrogens is 262 g/mol. The Morgan fingerprint density at radius 2 is 2.33 bits per heavy atom. The van der Waals surface area contributed by atoms with E-state index in [1.165, 1.54) is 0 Å². The number of nitriles is 1. The van der Waals surface area contributed by atoms with Gasteiger partial charge in [0.05, 0.1) is 11.3 Å². The largest absolute Gasteiger partial charge is 0.330 e. The third kappa shape index (κ3) is 2.84. The molecule has 0 aliphatic carbocycles. The number of nitrogens with one attached hydrogen (secondary N) is 1. The fourth-order valence-electron chi connectivity index (χ4n) is 1.55. The summed E-state index contributed by atoms with van der Waals surface area (Å²) in [5, 5.41) is 13.3. The first-order valence-electron chi connectivity index (χ1n) is 5.60. The molecule has 0 saturated carbocycles. The van der Waals surface area contributed by atoms with E-state index in [1.54, 1.807) is 23.1 Å². The molecule has 18 heavy (non-hydrogen) atoms. The molecule has 1 aromatic carbocycles. The van der Waals surface area contributed by atoms with E-state index in [2.05, 4.69) is 23.3 Å². The fraction of sp³-hybridized carbons (Fsp3) is 0.231. The van der Waals surface area contributed by atoms with Crippen LogP contribution in [0.5, 0.6) is 0 Å². The van der Waals surface area contributed by atoms with Crippen LogP contribution in [0.1, 0.15) is 17.4 Å². The zero-order valence-corrected chi connectivity index (χ0v) is 11.9. The molecular formula is C13H13N3S2. The van der Waals surface area contributed by atoms with Crippen molar-refractivity contribution in [3.8, 4) is 6.07 Å². The van der Waals surface area contributed by atoms with Gasteiger partial charge in [-0.2, -0.15) is 5.26 Å². The van der Waals surface area contributed by atoms with Crippen molar-refractivity contribution >= 4 is 33.9 Å². The molecule has 3 nitrogen and oxygen atoms in total. The van der Waals surface area contributed by atoms with Crippen LogP contribution in [0.3, 0.4) is 0 Å². The Bertz CT molecular complexity index is 584. The lowest BCUT2D eigenvalue weighted by Crippen LogP contribution is -1.94. The summed E-state index contributed by atoms with van der Waals surface area (Å²) >= 11 is 3.26. The highest BCUT2D eigenvalue weighted by atomic mass is 32.2. The number of thiazole rings is 1. The van der Waals surface area contributed by atoms with Crippen LogP contribution in [0.4, 0.5) is 10.8 Å². The maximum absolute atomic E-state index is 9.29. The minimum Gasteiger partial charge on any atom is -0.330 e. The van der Waals surface area contributed by atoms with E-state index >= 15 is 0 Å². The molecule has 0 atom stereocenters. The summed E-state index contributed by atoms with van der Waals surface area (Å²) in [6.45, 7) is 4.09. The molecule has 5 heteroatoms. The maximum Gasteiger partial charge on any atom is 0.187 e. The summed E-state index contributed by atoms with van der Waals surface area (Å²) in [6, 6.07) is 8.12. The van der Waals surface area contributed by atoms with Crippen LogP contribution in [0, 0.1) is 18.3 Å². The number of hydrogen-bond acceptors (Lipinski definition) is 5. The predicted molar refractivity (Wildman–Crippen MR) is 77.7 cm³/mol. The molecule has 2 rings (SSSR count). The number of aryl methyl sites for hydroxylation is 1. The van der Waals surface area contributed by atoms with Crippen molar-refractivity contribution < 1.29 is 0 Å². The molecule has 0 aliphatic heterocycles. The summed E-state index contributed by atoms with van der Waals surface area (Å²) in [5.41, 5.74) is 1.52. The number of hydrogen-bond donors (Lipinski definition) is 1. The van der Waals surface area contributed by atoms with Crippen molar-refractivity contribution in [2.75, 3.05) is 11.1 Å². The predicted octanol–water partition coefficient (Wildman–Crippen LogP) is 4.18. The molecule has 0 fully saturated rings. The van der Waals surface area contributed by atoms with Crippen LogP contribution in [0.15, 0.2) is 29.3 Å². The van der Waals surface area contributed by atoms with E-state index < -0.39 is 0 Å². The van der Waals surface area contributed by atoms with Gasteiger partial charge < -0.3 is 5.32 Å². The SMILES string of the molecule is CCSc1cccc(Nc2ncc(C)s2)c1C#N. The molecule has 0 unspecified atom stereocenters. The molecule has 1 heterocycles. The summed E-state index contributed by atoms with van der Waals surface area (Å²) in [4.78, 5) is 6.41. The van der Waals surface area contributed by atoms with Crippen LogP contribution in [0.25, 0.3) is 0 Å². The number of rotatable bonds is 4. The number of nitrogens with zero attached hydrogens (tertiary/aromatic N) is 2. The van der Waals surface area contributed by atoms with Crippen LogP contribution in [-0.2, 0) is 0 Å². The number of benzene rings is 1. The smallest absolute Gasteiger partial charge is 0.187 e. The quantitative estimate of drug-likeness (QED) is 0.850. The van der Waals surface area contributed by atoms with E-state index in [-0.39, 0.29) is 0 Å². The van der Waals surface area contributed by atoms with Gasteiger partial charge in [-0.05, 0) is 24.8 Å². The zero-order chi connectivity index (χ0) is 13.0. The van der Waals surface area contributed by atoms with Gasteiger partial charge in [-0.1, -0.05) is 13.0 Å². The summed E-state index contributed by atoms with van der Waals surface area (Å²) in [5.74, 6) is 0.953. The van der Waals surface area contributed by atoms with Gasteiger partial charge in [-0.25, -0.2) is 4.98 Å². The minimum atomic E-state index is 0.692. The van der Waals surface area contributed by atoms with Crippen LogP contribution in [0.2, 0.25) is 0 Å². The first-order chi connectivity index (χ1) is 8.74. The van der Waals surface area contributed by atoms with Crippen molar-refractivity contribution in [2.45, 2.75) is 18.7 Å². The Hall–Kier alpha value is -1.51. The van der Waals surface area contributed by atoms with Gasteiger partial charge in [-0.3, -0.25) is 0 Å². The Kier molecular flexibility index (Phi) is 4.24. The van der Waals surface area contributed by atoms with E-state index in [0.29, 0.717) is 5.56 Å². The van der Waals surface area contributed by atoms with Crippen LogP contribution in [-0.4, -0.2) is 10.7 Å². The van der Waals surface area contributed by atoms with Crippen molar-refractivity contribution in [1.29, 1.82) is 5.26 Å². The average molecular weight is 275 g/mol. The standard InChI is InChI=1S/C13H13N3S2/c1-3-17-12-6-4-5-11(10(12)7-14)16-13-15-8-9(2)18-13/h4-6,8H,3H2,1-2H3,(H,15,16). The molecule has 0 spiro atoms. The lowest BCUT2D eigenvalue weighted by Gasteiger charge is -2.08. The van der Waals surface area contributed by atoms with Gasteiger partial charge in [0, 0.05) is 16.0 Å². The van der Waals surface area contributed by atoms with Crippen molar-refractivity contribution in [3.05, 3.63) is 34.8 Å². The van der Waals surface area contributed by atoms with Crippen LogP contribution < -0.4 is 5.32 Å². The van der Waals surface area contributed by atoms with Gasteiger partial charge >= 0.3 is 0 Å². The monoisotopic (exact) mass is 275 g/mol. The molecule has 2 aromatic rings. The lowest BCUT2D eigenvalue weighted by atomic mass is 10.2. The Morgan fingerprint density at radius 3 is 2.94 bits per heavy atom. The second-order valence-electron chi connectivity index (χ2n) is 3.62. The first-order valence-corrected chi connectivity index (χ1v) is 7.40. The summed E-state index contributed by atoms with van der Waals surface area (Å²) in [6.07, 6.45) is 1.82. The third-order valence-corrected chi connectivity index (χ3v) is 4.07. The van der Waals surface area contributed by atoms with E-state index in [1.807, 2.05) is 31.3 Å². The van der Waals surface area contributed by atoms with Gasteiger partial charge in [0.2, 0.25) is 0 Å². The molecule has 0 saturated heterocycles. The Morgan fingerprint density at radius 1 is 1.50 bits per heavy atom. The Balaban J connectivity index is 2.33. The van der Waals surface area contributed by atoms with Crippen molar-refractivity contribution in [3.63, 3.8) is 0 Å². The van der Waals surface area contributed by atoms with Gasteiger partial charge in [0.1, 0.15) is 6.07 Å². The normalized spacial score (nSPS) is 10.1. The zero-order valence-electron chi connectivity index (χ0n) is 10.2. The maximum atomic E-state index is 9.29. The van der Waals surface area contributed by atoms with E-state index in [4.69, 9.17) is 0 Å². The Labute approximate surface area is 115 Å². The van der Waals surface area contributed by atoms with Gasteiger partial charge in [0.25, 0.3) is 0 Å². The molecule has 0 radical (unpaired) electrons. The molecule has 0 aliphatic rings. The third-order valence-electron chi connectivity index (χ3n) is 2.30. The second-order valence-corrected chi connectivity index (χ2v) is 6.17. The molecule has 1 aromatic heterocycles. The number of anilines is 2. The first kappa shape index (κ1) is 12.9. The highest BCUT2D eigenvalue weighted by Gasteiger charge is 2.09. The van der Waals surface area contributed by atoms with E-state index in [0.717, 1.165) is 26.3 Å². The highest BCUT2D eigenvalue weighted by Crippen LogP contribution is 2.30. The average Bonchev–Trinajstić information content (AvgIpc) is 2.76. The van der Waals surface area contributed by atoms with Gasteiger partial charge in [0.15, 0.2) is 5.13 Å². The fourth-order valence-corrected chi connectivity index (χ4v) is 3.02. The lowest BCUT2D eigenvalue weighted by molar-refractivity contribution is 1.32. The minimum absolute atomic E-state index is 0.692. The van der Waals surface area contributed by atoms with Gasteiger partial charge in [-0.15, -0.1) is 23.1 Å². The van der Waals surface area contributed by atoms with E-state index in [9.17, 15) is 5.26 Å². The molecule has 1 N–H and O–H groups in total. The topological polar surface area (TPSA) is 48.7 Å². The summed E-state index contributed by atoms with van der Waals surface area (Å²) in [7, 11) is 0. The molecule has 0 amide bonds. The molecule has 92 valence electrons. The molecule has 0 bridgehead atoms. The van der Waals surface area contributed by atoms with Crippen molar-refractivity contribution in [2.24, 2.45) is 0 Å². The second kappa shape index (κ2) is 5.89. The summed E-state index contributed by atoms with van der Waals surface area (Å²) < 4.78 is 0. The van der Waals surface area contributed by atoms with Crippen molar-refractivity contribution in [1.82, 2.24) is 4.98 Å². The number of aromatic nitrogens is 1. The number of thioether (sulfide) groups is 1. The highest BCUT2D eigenvalue weighted by molar-refractivity contribution is 7.99.